The molecule has 0 atom stereocenters. The predicted octanol–water partition coefficient (Wildman–Crippen LogP) is 15.3. The molecule has 0 N–H and O–H groups in total. The van der Waals surface area contributed by atoms with Gasteiger partial charge in [-0.15, -0.1) is 0 Å². The molecular formula is C58H41N. The summed E-state index contributed by atoms with van der Waals surface area (Å²) in [5.74, 6) is 0. The summed E-state index contributed by atoms with van der Waals surface area (Å²) in [5, 5.41) is 7.65. The first kappa shape index (κ1) is 33.9. The Kier molecular flexibility index (Phi) is 7.26. The molecule has 12 rings (SSSR count). The summed E-state index contributed by atoms with van der Waals surface area (Å²) in [6.45, 7) is 4.79. The standard InChI is InChI=1S/C58H41N/c1-57(2)52-29-15-13-26-47(52)49-28-17-31-55(56(49)57)59(40-32-34-46-44-24-10-9-22-42(44)43-23-11-12-25-45(43)50(46)36-40)41-33-35-54-51(37-41)48-27-14-16-30-53(48)58(54,38-18-5-3-6-19-38)39-20-7-4-8-21-39/h3-37H,1-2H3. The Morgan fingerprint density at radius 1 is 0.322 bits per heavy atom. The summed E-state index contributed by atoms with van der Waals surface area (Å²) in [4.78, 5) is 2.55. The highest BCUT2D eigenvalue weighted by Gasteiger charge is 2.46. The lowest BCUT2D eigenvalue weighted by atomic mass is 9.68. The van der Waals surface area contributed by atoms with E-state index in [1.165, 1.54) is 93.6 Å². The van der Waals surface area contributed by atoms with Gasteiger partial charge in [0.15, 0.2) is 0 Å². The van der Waals surface area contributed by atoms with Crippen LogP contribution in [-0.4, -0.2) is 0 Å². The van der Waals surface area contributed by atoms with E-state index in [9.17, 15) is 0 Å². The van der Waals surface area contributed by atoms with Crippen molar-refractivity contribution in [3.05, 3.63) is 246 Å². The molecule has 0 saturated heterocycles. The first-order chi connectivity index (χ1) is 29.0. The third-order valence-corrected chi connectivity index (χ3v) is 13.5. The molecule has 0 spiro atoms. The lowest BCUT2D eigenvalue weighted by molar-refractivity contribution is 0.661. The monoisotopic (exact) mass is 751 g/mol. The van der Waals surface area contributed by atoms with E-state index in [0.29, 0.717) is 0 Å². The van der Waals surface area contributed by atoms with Gasteiger partial charge >= 0.3 is 0 Å². The molecule has 10 aromatic rings. The topological polar surface area (TPSA) is 3.24 Å². The quantitative estimate of drug-likeness (QED) is 0.158. The SMILES string of the molecule is CC1(C)c2ccccc2-c2cccc(N(c3ccc4c(c3)-c3ccccc3C4(c3ccccc3)c3ccccc3)c3ccc4c5ccccc5c5ccccc5c4c3)c21. The number of fused-ring (bicyclic) bond motifs is 12. The summed E-state index contributed by atoms with van der Waals surface area (Å²) in [6, 6.07) is 79.3. The minimum atomic E-state index is -0.460. The number of rotatable bonds is 5. The van der Waals surface area contributed by atoms with Gasteiger partial charge in [0.2, 0.25) is 0 Å². The maximum atomic E-state index is 2.55. The molecule has 1 heteroatoms. The Balaban J connectivity index is 1.16. The number of hydrogen-bond acceptors (Lipinski definition) is 1. The fourth-order valence-corrected chi connectivity index (χ4v) is 11.0. The van der Waals surface area contributed by atoms with Crippen LogP contribution in [0.15, 0.2) is 212 Å². The van der Waals surface area contributed by atoms with Crippen LogP contribution in [-0.2, 0) is 10.8 Å². The Morgan fingerprint density at radius 3 is 1.42 bits per heavy atom. The molecule has 1 nitrogen and oxygen atoms in total. The molecule has 0 heterocycles. The Labute approximate surface area is 345 Å². The number of hydrogen-bond donors (Lipinski definition) is 0. The van der Waals surface area contributed by atoms with Crippen molar-refractivity contribution in [2.24, 2.45) is 0 Å². The first-order valence-corrected chi connectivity index (χ1v) is 20.8. The summed E-state index contributed by atoms with van der Waals surface area (Å²) in [5.41, 5.74) is 15.9. The van der Waals surface area contributed by atoms with E-state index in [4.69, 9.17) is 0 Å². The highest BCUT2D eigenvalue weighted by molar-refractivity contribution is 6.25. The lowest BCUT2D eigenvalue weighted by Gasteiger charge is -2.35. The lowest BCUT2D eigenvalue weighted by Crippen LogP contribution is -2.28. The van der Waals surface area contributed by atoms with E-state index in [1.807, 2.05) is 0 Å². The normalized spacial score (nSPS) is 14.2. The molecule has 0 aliphatic heterocycles. The van der Waals surface area contributed by atoms with E-state index < -0.39 is 5.41 Å². The summed E-state index contributed by atoms with van der Waals surface area (Å²) < 4.78 is 0. The maximum Gasteiger partial charge on any atom is 0.0713 e. The van der Waals surface area contributed by atoms with Crippen LogP contribution in [0.4, 0.5) is 17.1 Å². The van der Waals surface area contributed by atoms with Gasteiger partial charge in [-0.05, 0) is 118 Å². The average molecular weight is 752 g/mol. The van der Waals surface area contributed by atoms with Crippen LogP contribution in [0.3, 0.4) is 0 Å². The summed E-state index contributed by atoms with van der Waals surface area (Å²) >= 11 is 0. The van der Waals surface area contributed by atoms with E-state index in [0.717, 1.165) is 11.4 Å². The molecule has 59 heavy (non-hydrogen) atoms. The molecule has 0 bridgehead atoms. The second kappa shape index (κ2) is 12.6. The second-order valence-corrected chi connectivity index (χ2v) is 16.8. The second-order valence-electron chi connectivity index (χ2n) is 16.8. The van der Waals surface area contributed by atoms with E-state index in [1.54, 1.807) is 0 Å². The zero-order valence-corrected chi connectivity index (χ0v) is 33.2. The van der Waals surface area contributed by atoms with Gasteiger partial charge in [0.1, 0.15) is 0 Å². The van der Waals surface area contributed by atoms with Crippen LogP contribution < -0.4 is 4.90 Å². The van der Waals surface area contributed by atoms with Crippen molar-refractivity contribution in [3.8, 4) is 22.3 Å². The minimum Gasteiger partial charge on any atom is -0.310 e. The molecule has 2 aliphatic rings. The highest BCUT2D eigenvalue weighted by atomic mass is 15.1. The number of anilines is 3. The van der Waals surface area contributed by atoms with Crippen LogP contribution in [0.1, 0.15) is 47.2 Å². The van der Waals surface area contributed by atoms with Crippen LogP contribution in [0.25, 0.3) is 54.6 Å². The number of nitrogens with zero attached hydrogens (tertiary/aromatic N) is 1. The molecule has 0 amide bonds. The van der Waals surface area contributed by atoms with Gasteiger partial charge in [-0.25, -0.2) is 0 Å². The summed E-state index contributed by atoms with van der Waals surface area (Å²) in [7, 11) is 0. The van der Waals surface area contributed by atoms with Gasteiger partial charge in [0.05, 0.1) is 11.1 Å². The van der Waals surface area contributed by atoms with Crippen LogP contribution in [0.2, 0.25) is 0 Å². The molecule has 0 saturated carbocycles. The fraction of sp³-hybridized carbons (Fsp3) is 0.0690. The molecule has 0 radical (unpaired) electrons. The van der Waals surface area contributed by atoms with Gasteiger partial charge in [0, 0.05) is 16.8 Å². The van der Waals surface area contributed by atoms with Crippen molar-refractivity contribution < 1.29 is 0 Å². The Bertz CT molecular complexity index is 3230. The Hall–Kier alpha value is -7.22. The van der Waals surface area contributed by atoms with Crippen LogP contribution in [0, 0.1) is 0 Å². The molecule has 2 aliphatic carbocycles. The zero-order chi connectivity index (χ0) is 39.3. The molecule has 0 fully saturated rings. The van der Waals surface area contributed by atoms with Crippen molar-refractivity contribution in [2.75, 3.05) is 4.90 Å². The van der Waals surface area contributed by atoms with Gasteiger partial charge < -0.3 is 4.90 Å². The molecule has 0 unspecified atom stereocenters. The Morgan fingerprint density at radius 2 is 0.780 bits per heavy atom. The van der Waals surface area contributed by atoms with Crippen LogP contribution >= 0.6 is 0 Å². The first-order valence-electron chi connectivity index (χ1n) is 20.8. The van der Waals surface area contributed by atoms with Crippen LogP contribution in [0.5, 0.6) is 0 Å². The minimum absolute atomic E-state index is 0.209. The molecular weight excluding hydrogens is 711 g/mol. The third kappa shape index (κ3) is 4.67. The zero-order valence-electron chi connectivity index (χ0n) is 33.2. The molecule has 0 aromatic heterocycles. The maximum absolute atomic E-state index is 2.55. The van der Waals surface area contributed by atoms with E-state index in [2.05, 4.69) is 231 Å². The van der Waals surface area contributed by atoms with Gasteiger partial charge in [0.25, 0.3) is 0 Å². The summed E-state index contributed by atoms with van der Waals surface area (Å²) in [6.07, 6.45) is 0. The van der Waals surface area contributed by atoms with E-state index >= 15 is 0 Å². The van der Waals surface area contributed by atoms with Gasteiger partial charge in [-0.1, -0.05) is 196 Å². The van der Waals surface area contributed by atoms with Gasteiger partial charge in [-0.3, -0.25) is 0 Å². The highest BCUT2D eigenvalue weighted by Crippen LogP contribution is 2.59. The van der Waals surface area contributed by atoms with Gasteiger partial charge in [-0.2, -0.15) is 0 Å². The van der Waals surface area contributed by atoms with Crippen molar-refractivity contribution in [3.63, 3.8) is 0 Å². The fourth-order valence-electron chi connectivity index (χ4n) is 11.0. The number of benzene rings is 10. The largest absolute Gasteiger partial charge is 0.310 e. The van der Waals surface area contributed by atoms with Crippen molar-refractivity contribution in [1.29, 1.82) is 0 Å². The molecule has 10 aromatic carbocycles. The molecule has 278 valence electrons. The van der Waals surface area contributed by atoms with Crippen molar-refractivity contribution >= 4 is 49.4 Å². The third-order valence-electron chi connectivity index (χ3n) is 13.5. The average Bonchev–Trinajstić information content (AvgIpc) is 3.73. The van der Waals surface area contributed by atoms with E-state index in [-0.39, 0.29) is 5.41 Å². The smallest absolute Gasteiger partial charge is 0.0713 e. The van der Waals surface area contributed by atoms with Crippen molar-refractivity contribution in [1.82, 2.24) is 0 Å². The van der Waals surface area contributed by atoms with Crippen molar-refractivity contribution in [2.45, 2.75) is 24.7 Å². The predicted molar refractivity (Wildman–Crippen MR) is 249 cm³/mol.